The standard InChI is InChI=1S/C26H30FN3O.C3H6/c1-28-13-10-22-3-2-4-24(25(22)28)26(31)30-16-9-19(18-30)17-29-14-11-21(12-15-29)20-5-7-23(27)8-6-20;1-2-3-1/h2-8,10,13,19,21H,9,11-12,14-18H2,1H3;1-3H2/t19-;/m1./s1. The van der Waals surface area contributed by atoms with E-state index in [9.17, 15) is 9.18 Å². The summed E-state index contributed by atoms with van der Waals surface area (Å²) in [6, 6.07) is 15.1. The van der Waals surface area contributed by atoms with E-state index in [0.717, 1.165) is 68.5 Å². The summed E-state index contributed by atoms with van der Waals surface area (Å²) in [5.74, 6) is 1.07. The van der Waals surface area contributed by atoms with E-state index < -0.39 is 0 Å². The number of amides is 1. The van der Waals surface area contributed by atoms with Gasteiger partial charge in [0, 0.05) is 38.3 Å². The molecule has 0 radical (unpaired) electrons. The molecule has 5 heteroatoms. The molecule has 2 aromatic carbocycles. The largest absolute Gasteiger partial charge is 0.350 e. The topological polar surface area (TPSA) is 28.5 Å². The first-order valence-electron chi connectivity index (χ1n) is 12.9. The highest BCUT2D eigenvalue weighted by atomic mass is 19.1. The minimum absolute atomic E-state index is 0.157. The molecule has 3 aliphatic rings. The van der Waals surface area contributed by atoms with Crippen molar-refractivity contribution in [3.63, 3.8) is 0 Å². The lowest BCUT2D eigenvalue weighted by molar-refractivity contribution is 0.0783. The Kier molecular flexibility index (Phi) is 7.00. The van der Waals surface area contributed by atoms with Crippen LogP contribution in [0.1, 0.15) is 60.4 Å². The van der Waals surface area contributed by atoms with Crippen LogP contribution in [0.2, 0.25) is 0 Å². The molecule has 0 unspecified atom stereocenters. The average molecular weight is 462 g/mol. The quantitative estimate of drug-likeness (QED) is 0.489. The first kappa shape index (κ1) is 23.1. The number of hydrogen-bond donors (Lipinski definition) is 0. The molecule has 1 aliphatic carbocycles. The normalized spacial score (nSPS) is 20.9. The first-order valence-corrected chi connectivity index (χ1v) is 12.9. The van der Waals surface area contributed by atoms with Gasteiger partial charge in [-0.2, -0.15) is 0 Å². The molecule has 3 fully saturated rings. The lowest BCUT2D eigenvalue weighted by Crippen LogP contribution is -2.37. The van der Waals surface area contributed by atoms with Gasteiger partial charge in [-0.3, -0.25) is 4.79 Å². The molecular weight excluding hydrogens is 425 g/mol. The van der Waals surface area contributed by atoms with Crippen molar-refractivity contribution in [3.05, 3.63) is 71.7 Å². The molecule has 3 heterocycles. The number of halogens is 1. The zero-order chi connectivity index (χ0) is 23.5. The summed E-state index contributed by atoms with van der Waals surface area (Å²) < 4.78 is 15.2. The highest BCUT2D eigenvalue weighted by Gasteiger charge is 2.30. The van der Waals surface area contributed by atoms with Gasteiger partial charge in [-0.25, -0.2) is 4.39 Å². The van der Waals surface area contributed by atoms with E-state index in [0.29, 0.717) is 11.8 Å². The van der Waals surface area contributed by atoms with Crippen molar-refractivity contribution in [1.82, 2.24) is 14.4 Å². The molecule has 2 saturated heterocycles. The number of fused-ring (bicyclic) bond motifs is 1. The Hall–Kier alpha value is -2.66. The predicted molar refractivity (Wildman–Crippen MR) is 136 cm³/mol. The molecule has 1 saturated carbocycles. The lowest BCUT2D eigenvalue weighted by Gasteiger charge is -2.33. The minimum Gasteiger partial charge on any atom is -0.350 e. The van der Waals surface area contributed by atoms with E-state index in [1.165, 1.54) is 24.8 Å². The monoisotopic (exact) mass is 461 g/mol. The number of aromatic nitrogens is 1. The lowest BCUT2D eigenvalue weighted by atomic mass is 9.89. The van der Waals surface area contributed by atoms with Crippen LogP contribution in [0, 0.1) is 11.7 Å². The van der Waals surface area contributed by atoms with Crippen LogP contribution in [0.4, 0.5) is 4.39 Å². The van der Waals surface area contributed by atoms with Crippen LogP contribution >= 0.6 is 0 Å². The Morgan fingerprint density at radius 1 is 0.941 bits per heavy atom. The molecule has 0 N–H and O–H groups in total. The Balaban J connectivity index is 0.000000745. The fourth-order valence-electron chi connectivity index (χ4n) is 5.41. The van der Waals surface area contributed by atoms with E-state index in [2.05, 4.69) is 17.0 Å². The van der Waals surface area contributed by atoms with Crippen LogP contribution < -0.4 is 0 Å². The van der Waals surface area contributed by atoms with Gasteiger partial charge in [-0.05, 0) is 74.0 Å². The number of carbonyl (C=O) groups is 1. The van der Waals surface area contributed by atoms with Gasteiger partial charge < -0.3 is 14.4 Å². The number of nitrogens with zero attached hydrogens (tertiary/aromatic N) is 3. The third kappa shape index (κ3) is 5.35. The number of likely N-dealkylation sites (tertiary alicyclic amines) is 2. The predicted octanol–water partition coefficient (Wildman–Crippen LogP) is 5.83. The van der Waals surface area contributed by atoms with Crippen molar-refractivity contribution < 1.29 is 9.18 Å². The molecule has 3 aromatic rings. The van der Waals surface area contributed by atoms with E-state index in [1.54, 1.807) is 12.1 Å². The molecule has 180 valence electrons. The van der Waals surface area contributed by atoms with Gasteiger partial charge in [0.05, 0.1) is 11.1 Å². The number of para-hydroxylation sites is 1. The van der Waals surface area contributed by atoms with Crippen molar-refractivity contribution >= 4 is 16.8 Å². The minimum atomic E-state index is -0.162. The maximum absolute atomic E-state index is 13.2. The van der Waals surface area contributed by atoms with Gasteiger partial charge in [0.15, 0.2) is 0 Å². The fourth-order valence-corrected chi connectivity index (χ4v) is 5.41. The smallest absolute Gasteiger partial charge is 0.256 e. The molecule has 0 spiro atoms. The van der Waals surface area contributed by atoms with Gasteiger partial charge in [0.1, 0.15) is 5.82 Å². The van der Waals surface area contributed by atoms with Crippen molar-refractivity contribution in [2.75, 3.05) is 32.7 Å². The molecule has 6 rings (SSSR count). The van der Waals surface area contributed by atoms with Crippen LogP contribution in [0.15, 0.2) is 54.7 Å². The molecule has 2 aliphatic heterocycles. The maximum Gasteiger partial charge on any atom is 0.256 e. The number of hydrogen-bond acceptors (Lipinski definition) is 2. The van der Waals surface area contributed by atoms with E-state index >= 15 is 0 Å². The van der Waals surface area contributed by atoms with Gasteiger partial charge in [-0.15, -0.1) is 0 Å². The number of benzene rings is 2. The van der Waals surface area contributed by atoms with Crippen molar-refractivity contribution in [2.24, 2.45) is 13.0 Å². The second-order valence-electron chi connectivity index (χ2n) is 10.3. The van der Waals surface area contributed by atoms with Crippen LogP contribution in [-0.2, 0) is 7.05 Å². The summed E-state index contributed by atoms with van der Waals surface area (Å²) >= 11 is 0. The second-order valence-corrected chi connectivity index (χ2v) is 10.3. The molecular formula is C29H36FN3O. The van der Waals surface area contributed by atoms with E-state index in [4.69, 9.17) is 0 Å². The molecule has 4 nitrogen and oxygen atoms in total. The number of rotatable bonds is 4. The summed E-state index contributed by atoms with van der Waals surface area (Å²) in [6.07, 6.45) is 9.84. The highest BCUT2D eigenvalue weighted by molar-refractivity contribution is 6.06. The van der Waals surface area contributed by atoms with Gasteiger partial charge in [0.25, 0.3) is 5.91 Å². The van der Waals surface area contributed by atoms with Crippen molar-refractivity contribution in [2.45, 2.75) is 44.4 Å². The highest BCUT2D eigenvalue weighted by Crippen LogP contribution is 2.30. The zero-order valence-electron chi connectivity index (χ0n) is 20.3. The van der Waals surface area contributed by atoms with Gasteiger partial charge in [0.2, 0.25) is 0 Å². The summed E-state index contributed by atoms with van der Waals surface area (Å²) in [7, 11) is 2.00. The number of aryl methyl sites for hydroxylation is 1. The van der Waals surface area contributed by atoms with Gasteiger partial charge >= 0.3 is 0 Å². The maximum atomic E-state index is 13.2. The molecule has 1 amide bonds. The Morgan fingerprint density at radius 2 is 1.68 bits per heavy atom. The third-order valence-corrected chi connectivity index (χ3v) is 7.50. The third-order valence-electron chi connectivity index (χ3n) is 7.50. The van der Waals surface area contributed by atoms with E-state index in [1.807, 2.05) is 47.0 Å². The summed E-state index contributed by atoms with van der Waals surface area (Å²) in [4.78, 5) is 17.8. The number of carbonyl (C=O) groups excluding carboxylic acids is 1. The summed E-state index contributed by atoms with van der Waals surface area (Å²) in [5, 5.41) is 1.12. The number of piperidine rings is 1. The zero-order valence-corrected chi connectivity index (χ0v) is 20.3. The fraction of sp³-hybridized carbons (Fsp3) is 0.483. The molecule has 1 atom stereocenters. The Bertz CT molecular complexity index is 1110. The summed E-state index contributed by atoms with van der Waals surface area (Å²) in [5.41, 5.74) is 3.10. The van der Waals surface area contributed by atoms with Crippen LogP contribution in [-0.4, -0.2) is 53.0 Å². The van der Waals surface area contributed by atoms with Crippen LogP contribution in [0.5, 0.6) is 0 Å². The second kappa shape index (κ2) is 10.3. The molecule has 1 aromatic heterocycles. The molecule has 0 bridgehead atoms. The summed E-state index contributed by atoms with van der Waals surface area (Å²) in [6.45, 7) is 4.91. The van der Waals surface area contributed by atoms with Crippen molar-refractivity contribution in [3.8, 4) is 0 Å². The van der Waals surface area contributed by atoms with E-state index in [-0.39, 0.29) is 11.7 Å². The van der Waals surface area contributed by atoms with Crippen molar-refractivity contribution in [1.29, 1.82) is 0 Å². The Morgan fingerprint density at radius 3 is 2.38 bits per heavy atom. The molecule has 34 heavy (non-hydrogen) atoms. The van der Waals surface area contributed by atoms with Gasteiger partial charge in [-0.1, -0.05) is 43.5 Å². The SMILES string of the molecule is C1CC1.Cn1ccc2cccc(C(=O)N3CC[C@H](CN4CCC(c5ccc(F)cc5)CC4)C3)c21. The first-order chi connectivity index (χ1) is 16.6. The van der Waals surface area contributed by atoms with Crippen LogP contribution in [0.25, 0.3) is 10.9 Å². The Labute approximate surface area is 202 Å². The van der Waals surface area contributed by atoms with Crippen LogP contribution in [0.3, 0.4) is 0 Å². The average Bonchev–Trinajstić information content (AvgIpc) is 3.60.